The molecule has 0 bridgehead atoms. The molecule has 11 nitrogen and oxygen atoms in total. The molecule has 0 aromatic rings. The molecule has 0 aliphatic carbocycles. The smallest absolute Gasteiger partial charge is 0.255 e. The Morgan fingerprint density at radius 3 is 1.65 bits per heavy atom. The molecule has 0 aromatic heterocycles. The fraction of sp³-hybridized carbons (Fsp3) is 0.917. The maximum absolute atomic E-state index is 12.5. The highest BCUT2D eigenvalue weighted by Crippen LogP contribution is 2.23. The number of aliphatic hydroxyl groups excluding tert-OH is 8. The van der Waals surface area contributed by atoms with Gasteiger partial charge in [0.15, 0.2) is 12.4 Å². The van der Waals surface area contributed by atoms with Gasteiger partial charge in [0.2, 0.25) is 0 Å². The minimum atomic E-state index is -1.95. The number of ether oxygens (including phenoxy) is 1. The molecule has 8 N–H and O–H groups in total. The van der Waals surface area contributed by atoms with E-state index < -0.39 is 75.1 Å². The first-order chi connectivity index (χ1) is 10.8. The van der Waals surface area contributed by atoms with Crippen molar-refractivity contribution in [1.82, 2.24) is 4.90 Å². The quantitative estimate of drug-likeness (QED) is 0.221. The SMILES string of the molecule is O=C([C@H]1OC(O)[C@H](O)[C@@H](O)[C@@H]1O)N(C(CO)CO)C(CO)CO. The lowest BCUT2D eigenvalue weighted by Gasteiger charge is -2.42. The summed E-state index contributed by atoms with van der Waals surface area (Å²) < 4.78 is 4.78. The molecular formula is C12H23NO10. The van der Waals surface area contributed by atoms with Crippen LogP contribution in [-0.4, -0.2) is 121 Å². The van der Waals surface area contributed by atoms with Crippen LogP contribution in [0.2, 0.25) is 0 Å². The first-order valence-electron chi connectivity index (χ1n) is 6.97. The Morgan fingerprint density at radius 1 is 0.826 bits per heavy atom. The minimum Gasteiger partial charge on any atom is -0.394 e. The lowest BCUT2D eigenvalue weighted by Crippen LogP contribution is -2.65. The largest absolute Gasteiger partial charge is 0.394 e. The van der Waals surface area contributed by atoms with Crippen LogP contribution in [0.1, 0.15) is 0 Å². The summed E-state index contributed by atoms with van der Waals surface area (Å²) in [7, 11) is 0. The van der Waals surface area contributed by atoms with E-state index in [-0.39, 0.29) is 0 Å². The highest BCUT2D eigenvalue weighted by Gasteiger charge is 2.48. The lowest BCUT2D eigenvalue weighted by molar-refractivity contribution is -0.279. The van der Waals surface area contributed by atoms with Gasteiger partial charge in [-0.3, -0.25) is 4.79 Å². The molecule has 136 valence electrons. The molecule has 1 rings (SSSR count). The van der Waals surface area contributed by atoms with E-state index in [1.807, 2.05) is 0 Å². The van der Waals surface area contributed by atoms with Gasteiger partial charge >= 0.3 is 0 Å². The molecule has 1 aliphatic rings. The molecule has 5 atom stereocenters. The summed E-state index contributed by atoms with van der Waals surface area (Å²) in [5.74, 6) is -1.09. The van der Waals surface area contributed by atoms with Crippen LogP contribution in [0.15, 0.2) is 0 Å². The molecule has 1 heterocycles. The van der Waals surface area contributed by atoms with Crippen molar-refractivity contribution in [1.29, 1.82) is 0 Å². The molecule has 1 aliphatic heterocycles. The van der Waals surface area contributed by atoms with E-state index in [1.165, 1.54) is 0 Å². The molecule has 0 spiro atoms. The van der Waals surface area contributed by atoms with Gasteiger partial charge in [0.1, 0.15) is 18.3 Å². The molecule has 0 aromatic carbocycles. The number of carbonyl (C=O) groups excluding carboxylic acids is 1. The van der Waals surface area contributed by atoms with Gasteiger partial charge in [-0.1, -0.05) is 0 Å². The van der Waals surface area contributed by atoms with E-state index >= 15 is 0 Å². The summed E-state index contributed by atoms with van der Waals surface area (Å²) in [6.45, 7) is -2.85. The lowest BCUT2D eigenvalue weighted by atomic mass is 9.97. The maximum atomic E-state index is 12.5. The number of rotatable bonds is 7. The zero-order valence-corrected chi connectivity index (χ0v) is 12.2. The second-order valence-corrected chi connectivity index (χ2v) is 5.20. The van der Waals surface area contributed by atoms with Gasteiger partial charge in [0, 0.05) is 0 Å². The van der Waals surface area contributed by atoms with Crippen LogP contribution in [0, 0.1) is 0 Å². The van der Waals surface area contributed by atoms with E-state index in [2.05, 4.69) is 0 Å². The summed E-state index contributed by atoms with van der Waals surface area (Å²) in [4.78, 5) is 13.2. The van der Waals surface area contributed by atoms with Crippen LogP contribution in [-0.2, 0) is 9.53 Å². The fourth-order valence-electron chi connectivity index (χ4n) is 2.34. The monoisotopic (exact) mass is 341 g/mol. The molecule has 1 unspecified atom stereocenters. The molecule has 23 heavy (non-hydrogen) atoms. The highest BCUT2D eigenvalue weighted by molar-refractivity contribution is 5.82. The molecule has 0 radical (unpaired) electrons. The van der Waals surface area contributed by atoms with Gasteiger partial charge in [-0.15, -0.1) is 0 Å². The van der Waals surface area contributed by atoms with Crippen molar-refractivity contribution >= 4 is 5.91 Å². The Kier molecular flexibility index (Phi) is 7.73. The second kappa shape index (κ2) is 8.82. The summed E-state index contributed by atoms with van der Waals surface area (Å²) in [6, 6.07) is -2.44. The number of hydrogen-bond donors (Lipinski definition) is 8. The van der Waals surface area contributed by atoms with Crippen LogP contribution >= 0.6 is 0 Å². The van der Waals surface area contributed by atoms with Gasteiger partial charge in [-0.05, 0) is 0 Å². The van der Waals surface area contributed by atoms with Crippen molar-refractivity contribution in [3.63, 3.8) is 0 Å². The summed E-state index contributed by atoms with van der Waals surface area (Å²) in [5.41, 5.74) is 0. The molecule has 1 fully saturated rings. The zero-order valence-electron chi connectivity index (χ0n) is 12.2. The van der Waals surface area contributed by atoms with E-state index in [1.54, 1.807) is 0 Å². The van der Waals surface area contributed by atoms with Gasteiger partial charge in [-0.2, -0.15) is 0 Å². The maximum Gasteiger partial charge on any atom is 0.255 e. The Bertz CT molecular complexity index is 363. The van der Waals surface area contributed by atoms with Gasteiger partial charge in [-0.25, -0.2) is 0 Å². The summed E-state index contributed by atoms with van der Waals surface area (Å²) in [6.07, 6.45) is -9.39. The third-order valence-electron chi connectivity index (χ3n) is 3.72. The van der Waals surface area contributed by atoms with Crippen molar-refractivity contribution in [3.8, 4) is 0 Å². The van der Waals surface area contributed by atoms with Crippen molar-refractivity contribution in [2.75, 3.05) is 26.4 Å². The van der Waals surface area contributed by atoms with E-state index in [0.29, 0.717) is 4.90 Å². The molecule has 1 saturated heterocycles. The average molecular weight is 341 g/mol. The molecule has 1 amide bonds. The zero-order chi connectivity index (χ0) is 17.7. The summed E-state index contributed by atoms with van der Waals surface area (Å²) >= 11 is 0. The van der Waals surface area contributed by atoms with Crippen LogP contribution in [0.25, 0.3) is 0 Å². The predicted octanol–water partition coefficient (Wildman–Crippen LogP) is -5.68. The number of nitrogens with zero attached hydrogens (tertiary/aromatic N) is 1. The number of aliphatic hydroxyl groups is 8. The Labute approximate surface area is 131 Å². The number of amides is 1. The van der Waals surface area contributed by atoms with Gasteiger partial charge in [0.25, 0.3) is 5.91 Å². The van der Waals surface area contributed by atoms with E-state index in [9.17, 15) is 45.6 Å². The van der Waals surface area contributed by atoms with Crippen LogP contribution in [0.5, 0.6) is 0 Å². The van der Waals surface area contributed by atoms with Crippen LogP contribution in [0.4, 0.5) is 0 Å². The van der Waals surface area contributed by atoms with E-state index in [0.717, 1.165) is 0 Å². The third kappa shape index (κ3) is 4.15. The van der Waals surface area contributed by atoms with Gasteiger partial charge < -0.3 is 50.5 Å². The van der Waals surface area contributed by atoms with Crippen molar-refractivity contribution < 1.29 is 50.4 Å². The first-order valence-corrected chi connectivity index (χ1v) is 6.97. The van der Waals surface area contributed by atoms with Crippen molar-refractivity contribution in [3.05, 3.63) is 0 Å². The highest BCUT2D eigenvalue weighted by atomic mass is 16.6. The Balaban J connectivity index is 3.08. The third-order valence-corrected chi connectivity index (χ3v) is 3.72. The summed E-state index contributed by atoms with van der Waals surface area (Å²) in [5, 5.41) is 75.3. The molecular weight excluding hydrogens is 318 g/mol. The van der Waals surface area contributed by atoms with Gasteiger partial charge in [0.05, 0.1) is 38.5 Å². The van der Waals surface area contributed by atoms with Crippen molar-refractivity contribution in [2.45, 2.75) is 42.8 Å². The first kappa shape index (κ1) is 20.2. The molecule has 0 saturated carbocycles. The standard InChI is InChI=1S/C12H23NO10/c14-1-5(2-15)13(6(3-16)4-17)11(21)10-8(19)7(18)9(20)12(22)23-10/h5-10,12,14-20,22H,1-4H2/t7-,8-,9+,10-,12?/m0/s1. The molecule has 11 heteroatoms. The predicted molar refractivity (Wildman–Crippen MR) is 71.7 cm³/mol. The topological polar surface area (TPSA) is 191 Å². The normalized spacial score (nSPS) is 31.7. The second-order valence-electron chi connectivity index (χ2n) is 5.20. The fourth-order valence-corrected chi connectivity index (χ4v) is 2.34. The van der Waals surface area contributed by atoms with E-state index in [4.69, 9.17) is 4.74 Å². The number of carbonyl (C=O) groups is 1. The van der Waals surface area contributed by atoms with Crippen LogP contribution < -0.4 is 0 Å². The average Bonchev–Trinajstić information content (AvgIpc) is 2.56. The minimum absolute atomic E-state index is 0.713. The number of hydrogen-bond acceptors (Lipinski definition) is 10. The Hall–Kier alpha value is -0.890. The van der Waals surface area contributed by atoms with Crippen LogP contribution in [0.3, 0.4) is 0 Å². The Morgan fingerprint density at radius 2 is 1.26 bits per heavy atom. The van der Waals surface area contributed by atoms with Crippen molar-refractivity contribution in [2.24, 2.45) is 0 Å².